The van der Waals surface area contributed by atoms with Gasteiger partial charge in [0.05, 0.1) is 11.9 Å². The fraction of sp³-hybridized carbons (Fsp3) is 0.556. The van der Waals surface area contributed by atoms with Crippen LogP contribution in [0.4, 0.5) is 0 Å². The Balaban J connectivity index is 1.39. The van der Waals surface area contributed by atoms with Crippen LogP contribution in [0.15, 0.2) is 30.7 Å². The molecule has 2 N–H and O–H groups in total. The maximum atomic E-state index is 4.18. The molecule has 3 rings (SSSR count). The Morgan fingerprint density at radius 1 is 1.30 bits per heavy atom. The normalized spacial score (nSPS) is 16.7. The largest absolute Gasteiger partial charge is 0.312 e. The van der Waals surface area contributed by atoms with Crippen molar-refractivity contribution in [1.29, 1.82) is 0 Å². The molecule has 0 atom stereocenters. The first kappa shape index (κ1) is 16.1. The molecule has 3 heterocycles. The molecule has 2 aromatic rings. The Hall–Kier alpha value is -1.72. The van der Waals surface area contributed by atoms with Crippen LogP contribution in [0.2, 0.25) is 0 Å². The van der Waals surface area contributed by atoms with Crippen LogP contribution >= 0.6 is 0 Å². The van der Waals surface area contributed by atoms with Gasteiger partial charge in [0.15, 0.2) is 0 Å². The Morgan fingerprint density at radius 3 is 2.96 bits per heavy atom. The monoisotopic (exact) mass is 313 g/mol. The molecule has 1 aliphatic heterocycles. The van der Waals surface area contributed by atoms with E-state index in [1.807, 2.05) is 18.5 Å². The van der Waals surface area contributed by atoms with Crippen LogP contribution in [0.25, 0.3) is 11.3 Å². The molecular formula is C18H27N5. The Labute approximate surface area is 138 Å². The standard InChI is InChI=1S/C18H27N5/c1-15-5-10-23(11-6-15)9-3-8-20-13-17-14-21-22-18(17)16-4-2-7-19-12-16/h2,4,7,12,14-15,20H,3,5-6,8-11,13H2,1H3,(H,21,22). The van der Waals surface area contributed by atoms with Gasteiger partial charge in [-0.1, -0.05) is 6.92 Å². The number of hydrogen-bond donors (Lipinski definition) is 2. The van der Waals surface area contributed by atoms with Crippen molar-refractivity contribution >= 4 is 0 Å². The van der Waals surface area contributed by atoms with Crippen LogP contribution in [0, 0.1) is 5.92 Å². The molecule has 0 spiro atoms. The summed E-state index contributed by atoms with van der Waals surface area (Å²) >= 11 is 0. The van der Waals surface area contributed by atoms with E-state index >= 15 is 0 Å². The molecule has 0 aliphatic carbocycles. The second-order valence-corrected chi connectivity index (χ2v) is 6.57. The van der Waals surface area contributed by atoms with Crippen LogP contribution in [0.3, 0.4) is 0 Å². The van der Waals surface area contributed by atoms with Crippen molar-refractivity contribution in [3.05, 3.63) is 36.3 Å². The molecule has 0 aromatic carbocycles. The second kappa shape index (κ2) is 8.22. The van der Waals surface area contributed by atoms with Gasteiger partial charge in [-0.2, -0.15) is 5.10 Å². The third-order valence-electron chi connectivity index (χ3n) is 4.69. The lowest BCUT2D eigenvalue weighted by molar-refractivity contribution is 0.190. The van der Waals surface area contributed by atoms with Gasteiger partial charge in [-0.05, 0) is 63.5 Å². The van der Waals surface area contributed by atoms with E-state index in [-0.39, 0.29) is 0 Å². The maximum absolute atomic E-state index is 4.18. The highest BCUT2D eigenvalue weighted by Crippen LogP contribution is 2.19. The van der Waals surface area contributed by atoms with Gasteiger partial charge < -0.3 is 10.2 Å². The smallest absolute Gasteiger partial charge is 0.0710 e. The van der Waals surface area contributed by atoms with Crippen LogP contribution in [0.1, 0.15) is 31.7 Å². The molecule has 0 saturated carbocycles. The lowest BCUT2D eigenvalue weighted by atomic mass is 9.99. The molecule has 124 valence electrons. The number of piperidine rings is 1. The van der Waals surface area contributed by atoms with Gasteiger partial charge in [0.25, 0.3) is 0 Å². The van der Waals surface area contributed by atoms with Crippen molar-refractivity contribution < 1.29 is 0 Å². The number of nitrogens with one attached hydrogen (secondary N) is 2. The number of H-pyrrole nitrogens is 1. The topological polar surface area (TPSA) is 56.8 Å². The first-order valence-electron chi connectivity index (χ1n) is 8.68. The number of hydrogen-bond acceptors (Lipinski definition) is 4. The van der Waals surface area contributed by atoms with Gasteiger partial charge in [-0.25, -0.2) is 0 Å². The van der Waals surface area contributed by atoms with E-state index in [0.717, 1.165) is 30.3 Å². The summed E-state index contributed by atoms with van der Waals surface area (Å²) in [5.74, 6) is 0.913. The molecule has 0 unspecified atom stereocenters. The van der Waals surface area contributed by atoms with Crippen LogP contribution in [-0.2, 0) is 6.54 Å². The summed E-state index contributed by atoms with van der Waals surface area (Å²) in [6.07, 6.45) is 9.48. The fourth-order valence-electron chi connectivity index (χ4n) is 3.14. The van der Waals surface area contributed by atoms with Gasteiger partial charge in [0.1, 0.15) is 0 Å². The predicted molar refractivity (Wildman–Crippen MR) is 93.0 cm³/mol. The number of pyridine rings is 1. The van der Waals surface area contributed by atoms with Crippen molar-refractivity contribution in [3.8, 4) is 11.3 Å². The molecule has 0 bridgehead atoms. The van der Waals surface area contributed by atoms with E-state index < -0.39 is 0 Å². The van der Waals surface area contributed by atoms with E-state index in [9.17, 15) is 0 Å². The Kier molecular flexibility index (Phi) is 5.77. The third kappa shape index (κ3) is 4.62. The Bertz CT molecular complexity index is 572. The van der Waals surface area contributed by atoms with E-state index in [1.54, 1.807) is 6.20 Å². The van der Waals surface area contributed by atoms with Gasteiger partial charge in [0.2, 0.25) is 0 Å². The molecule has 0 radical (unpaired) electrons. The van der Waals surface area contributed by atoms with Gasteiger partial charge >= 0.3 is 0 Å². The quantitative estimate of drug-likeness (QED) is 0.772. The molecule has 2 aromatic heterocycles. The lowest BCUT2D eigenvalue weighted by Crippen LogP contribution is -2.34. The zero-order valence-electron chi connectivity index (χ0n) is 14.0. The lowest BCUT2D eigenvalue weighted by Gasteiger charge is -2.30. The average Bonchev–Trinajstić information content (AvgIpc) is 3.05. The van der Waals surface area contributed by atoms with Crippen LogP contribution < -0.4 is 5.32 Å². The van der Waals surface area contributed by atoms with Crippen molar-refractivity contribution in [2.75, 3.05) is 26.2 Å². The van der Waals surface area contributed by atoms with E-state index in [1.165, 1.54) is 44.5 Å². The van der Waals surface area contributed by atoms with Crippen LogP contribution in [0.5, 0.6) is 0 Å². The fourth-order valence-corrected chi connectivity index (χ4v) is 3.14. The highest BCUT2D eigenvalue weighted by Gasteiger charge is 2.14. The molecular weight excluding hydrogens is 286 g/mol. The van der Waals surface area contributed by atoms with Crippen LogP contribution in [-0.4, -0.2) is 46.3 Å². The number of rotatable bonds is 7. The van der Waals surface area contributed by atoms with E-state index in [4.69, 9.17) is 0 Å². The summed E-state index contributed by atoms with van der Waals surface area (Å²) in [5.41, 5.74) is 3.35. The molecule has 1 fully saturated rings. The summed E-state index contributed by atoms with van der Waals surface area (Å²) in [6.45, 7) is 8.01. The number of likely N-dealkylation sites (tertiary alicyclic amines) is 1. The number of nitrogens with zero attached hydrogens (tertiary/aromatic N) is 3. The summed E-state index contributed by atoms with van der Waals surface area (Å²) in [6, 6.07) is 4.01. The van der Waals surface area contributed by atoms with Crippen molar-refractivity contribution in [1.82, 2.24) is 25.4 Å². The minimum Gasteiger partial charge on any atom is -0.312 e. The van der Waals surface area contributed by atoms with Gasteiger partial charge in [0, 0.05) is 30.1 Å². The molecule has 1 saturated heterocycles. The van der Waals surface area contributed by atoms with Crippen molar-refractivity contribution in [2.24, 2.45) is 5.92 Å². The minimum atomic E-state index is 0.845. The van der Waals surface area contributed by atoms with Crippen molar-refractivity contribution in [2.45, 2.75) is 32.7 Å². The Morgan fingerprint density at radius 2 is 2.17 bits per heavy atom. The highest BCUT2D eigenvalue weighted by molar-refractivity contribution is 5.61. The predicted octanol–water partition coefficient (Wildman–Crippen LogP) is 2.68. The van der Waals surface area contributed by atoms with Gasteiger partial charge in [-0.15, -0.1) is 0 Å². The molecule has 0 amide bonds. The maximum Gasteiger partial charge on any atom is 0.0710 e. The molecule has 23 heavy (non-hydrogen) atoms. The minimum absolute atomic E-state index is 0.845. The summed E-state index contributed by atoms with van der Waals surface area (Å²) < 4.78 is 0. The number of aromatic nitrogens is 3. The zero-order valence-corrected chi connectivity index (χ0v) is 14.0. The van der Waals surface area contributed by atoms with E-state index in [2.05, 4.69) is 38.4 Å². The van der Waals surface area contributed by atoms with Crippen molar-refractivity contribution in [3.63, 3.8) is 0 Å². The highest BCUT2D eigenvalue weighted by atomic mass is 15.1. The summed E-state index contributed by atoms with van der Waals surface area (Å²) in [4.78, 5) is 6.77. The first-order chi connectivity index (χ1) is 11.3. The van der Waals surface area contributed by atoms with E-state index in [0.29, 0.717) is 0 Å². The number of aromatic amines is 1. The summed E-state index contributed by atoms with van der Waals surface area (Å²) in [7, 11) is 0. The summed E-state index contributed by atoms with van der Waals surface area (Å²) in [5, 5.41) is 10.8. The zero-order chi connectivity index (χ0) is 15.9. The van der Waals surface area contributed by atoms with Gasteiger partial charge in [-0.3, -0.25) is 10.1 Å². The third-order valence-corrected chi connectivity index (χ3v) is 4.69. The molecule has 1 aliphatic rings. The first-order valence-corrected chi connectivity index (χ1v) is 8.68. The SMILES string of the molecule is CC1CCN(CCCNCc2cn[nH]c2-c2cccnc2)CC1. The average molecular weight is 313 g/mol. The second-order valence-electron chi connectivity index (χ2n) is 6.57. The molecule has 5 heteroatoms. The molecule has 5 nitrogen and oxygen atoms in total.